The Labute approximate surface area is 107 Å². The molecule has 0 spiro atoms. The lowest BCUT2D eigenvalue weighted by atomic mass is 10.00. The van der Waals surface area contributed by atoms with Crippen LogP contribution in [0.3, 0.4) is 0 Å². The van der Waals surface area contributed by atoms with Gasteiger partial charge in [-0.15, -0.1) is 0 Å². The largest absolute Gasteiger partial charge is 0.469 e. The van der Waals surface area contributed by atoms with E-state index in [2.05, 4.69) is 4.74 Å². The van der Waals surface area contributed by atoms with E-state index in [0.29, 0.717) is 13.0 Å². The summed E-state index contributed by atoms with van der Waals surface area (Å²) in [6, 6.07) is 0. The van der Waals surface area contributed by atoms with Gasteiger partial charge in [0.15, 0.2) is 15.6 Å². The van der Waals surface area contributed by atoms with E-state index >= 15 is 0 Å². The van der Waals surface area contributed by atoms with Gasteiger partial charge in [0.1, 0.15) is 0 Å². The van der Waals surface area contributed by atoms with Crippen molar-refractivity contribution in [1.29, 1.82) is 0 Å². The molecule has 2 fully saturated rings. The van der Waals surface area contributed by atoms with Gasteiger partial charge in [-0.2, -0.15) is 0 Å². The van der Waals surface area contributed by atoms with Gasteiger partial charge in [0, 0.05) is 5.92 Å². The second kappa shape index (κ2) is 4.79. The number of carbonyl (C=O) groups excluding carboxylic acids is 1. The highest BCUT2D eigenvalue weighted by Gasteiger charge is 2.48. The maximum Gasteiger partial charge on any atom is 0.308 e. The van der Waals surface area contributed by atoms with E-state index in [1.807, 2.05) is 0 Å². The third kappa shape index (κ3) is 2.84. The predicted octanol–water partition coefficient (Wildman–Crippen LogP) is 0.116. The fourth-order valence-corrected chi connectivity index (χ4v) is 4.34. The van der Waals surface area contributed by atoms with Crippen LogP contribution in [-0.2, 0) is 28.8 Å². The van der Waals surface area contributed by atoms with Crippen molar-refractivity contribution in [1.82, 2.24) is 0 Å². The van der Waals surface area contributed by atoms with E-state index in [1.165, 1.54) is 7.11 Å². The van der Waals surface area contributed by atoms with Gasteiger partial charge >= 0.3 is 5.97 Å². The molecule has 2 aliphatic rings. The summed E-state index contributed by atoms with van der Waals surface area (Å²) in [5.41, 5.74) is 0. The van der Waals surface area contributed by atoms with Gasteiger partial charge in [0.2, 0.25) is 0 Å². The topological polar surface area (TPSA) is 78.9 Å². The number of hydrogen-bond acceptors (Lipinski definition) is 6. The number of rotatable bonds is 3. The molecule has 104 valence electrons. The first kappa shape index (κ1) is 13.8. The van der Waals surface area contributed by atoms with E-state index < -0.39 is 15.6 Å². The van der Waals surface area contributed by atoms with E-state index in [0.717, 1.165) is 0 Å². The molecule has 3 unspecified atom stereocenters. The van der Waals surface area contributed by atoms with Gasteiger partial charge < -0.3 is 14.2 Å². The third-order valence-corrected chi connectivity index (χ3v) is 5.32. The first-order valence-electron chi connectivity index (χ1n) is 5.94. The monoisotopic (exact) mass is 278 g/mol. The summed E-state index contributed by atoms with van der Waals surface area (Å²) in [6.45, 7) is 2.04. The number of methoxy groups -OCH3 is 1. The molecular weight excluding hydrogens is 260 g/mol. The minimum Gasteiger partial charge on any atom is -0.469 e. The lowest BCUT2D eigenvalue weighted by molar-refractivity contribution is -0.187. The van der Waals surface area contributed by atoms with Crippen LogP contribution in [0.15, 0.2) is 0 Å². The Kier molecular flexibility index (Phi) is 3.66. The van der Waals surface area contributed by atoms with Gasteiger partial charge in [0.25, 0.3) is 0 Å². The zero-order valence-corrected chi connectivity index (χ0v) is 11.4. The maximum atomic E-state index is 11.5. The molecule has 0 amide bonds. The summed E-state index contributed by atoms with van der Waals surface area (Å²) in [7, 11) is -1.65. The van der Waals surface area contributed by atoms with E-state index in [1.54, 1.807) is 6.92 Å². The van der Waals surface area contributed by atoms with Crippen molar-refractivity contribution in [3.8, 4) is 0 Å². The molecule has 2 saturated heterocycles. The highest BCUT2D eigenvalue weighted by atomic mass is 32.2. The van der Waals surface area contributed by atoms with Crippen LogP contribution >= 0.6 is 0 Å². The number of ether oxygens (including phenoxy) is 3. The van der Waals surface area contributed by atoms with Gasteiger partial charge in [-0.1, -0.05) is 0 Å². The maximum absolute atomic E-state index is 11.5. The van der Waals surface area contributed by atoms with E-state index in [-0.39, 0.29) is 35.9 Å². The molecule has 0 aromatic heterocycles. The molecule has 2 heterocycles. The molecule has 0 aromatic carbocycles. The van der Waals surface area contributed by atoms with Crippen LogP contribution in [0.2, 0.25) is 0 Å². The molecule has 2 aliphatic heterocycles. The fraction of sp³-hybridized carbons (Fsp3) is 0.909. The zero-order valence-electron chi connectivity index (χ0n) is 10.5. The van der Waals surface area contributed by atoms with Crippen molar-refractivity contribution in [3.05, 3.63) is 0 Å². The Morgan fingerprint density at radius 3 is 2.78 bits per heavy atom. The molecule has 0 aromatic rings. The van der Waals surface area contributed by atoms with Crippen molar-refractivity contribution < 1.29 is 27.4 Å². The van der Waals surface area contributed by atoms with Crippen molar-refractivity contribution in [2.75, 3.05) is 25.2 Å². The normalized spacial score (nSPS) is 38.8. The van der Waals surface area contributed by atoms with Crippen molar-refractivity contribution in [2.24, 2.45) is 5.92 Å². The third-order valence-electron chi connectivity index (χ3n) is 3.55. The van der Waals surface area contributed by atoms with Crippen LogP contribution in [-0.4, -0.2) is 51.5 Å². The minimum absolute atomic E-state index is 0.0917. The Hall–Kier alpha value is -0.660. The lowest BCUT2D eigenvalue weighted by Gasteiger charge is -2.28. The molecule has 0 radical (unpaired) electrons. The molecule has 2 rings (SSSR count). The van der Waals surface area contributed by atoms with Crippen molar-refractivity contribution in [3.63, 3.8) is 0 Å². The minimum atomic E-state index is -2.97. The quantitative estimate of drug-likeness (QED) is 0.682. The average Bonchev–Trinajstić information content (AvgIpc) is 2.83. The van der Waals surface area contributed by atoms with Crippen LogP contribution in [0.25, 0.3) is 0 Å². The zero-order chi connectivity index (χ0) is 13.4. The number of hydrogen-bond donors (Lipinski definition) is 0. The lowest BCUT2D eigenvalue weighted by Crippen LogP contribution is -2.37. The van der Waals surface area contributed by atoms with Crippen LogP contribution in [0.5, 0.6) is 0 Å². The Morgan fingerprint density at radius 2 is 2.22 bits per heavy atom. The SMILES string of the molecule is COC(=O)CC1COC(C)(C2CCS(=O)(=O)C2)O1. The van der Waals surface area contributed by atoms with E-state index in [4.69, 9.17) is 9.47 Å². The molecule has 0 saturated carbocycles. The average molecular weight is 278 g/mol. The first-order valence-corrected chi connectivity index (χ1v) is 7.76. The highest BCUT2D eigenvalue weighted by Crippen LogP contribution is 2.38. The van der Waals surface area contributed by atoms with Gasteiger partial charge in [0.05, 0.1) is 37.7 Å². The number of carbonyl (C=O) groups is 1. The molecule has 6 nitrogen and oxygen atoms in total. The summed E-state index contributed by atoms with van der Waals surface area (Å²) >= 11 is 0. The highest BCUT2D eigenvalue weighted by molar-refractivity contribution is 7.91. The summed E-state index contributed by atoms with van der Waals surface area (Å²) in [4.78, 5) is 11.1. The predicted molar refractivity (Wildman–Crippen MR) is 62.6 cm³/mol. The summed E-state index contributed by atoms with van der Waals surface area (Å²) < 4.78 is 38.8. The summed E-state index contributed by atoms with van der Waals surface area (Å²) in [5.74, 6) is -1.14. The summed E-state index contributed by atoms with van der Waals surface area (Å²) in [5, 5.41) is 0. The second-order valence-electron chi connectivity index (χ2n) is 4.95. The molecule has 0 N–H and O–H groups in total. The molecule has 0 aliphatic carbocycles. The molecule has 3 atom stereocenters. The second-order valence-corrected chi connectivity index (χ2v) is 7.18. The molecule has 0 bridgehead atoms. The molecule has 7 heteroatoms. The Morgan fingerprint density at radius 1 is 1.50 bits per heavy atom. The standard InChI is InChI=1S/C11H18O6S/c1-11(8-3-4-18(13,14)7-8)16-6-9(17-11)5-10(12)15-2/h8-9H,3-7H2,1-2H3. The summed E-state index contributed by atoms with van der Waals surface area (Å²) in [6.07, 6.45) is 0.320. The van der Waals surface area contributed by atoms with Crippen LogP contribution in [0, 0.1) is 5.92 Å². The Bertz CT molecular complexity index is 431. The first-order chi connectivity index (χ1) is 8.35. The smallest absolute Gasteiger partial charge is 0.308 e. The van der Waals surface area contributed by atoms with Crippen molar-refractivity contribution in [2.45, 2.75) is 31.7 Å². The van der Waals surface area contributed by atoms with Crippen LogP contribution < -0.4 is 0 Å². The van der Waals surface area contributed by atoms with Gasteiger partial charge in [-0.3, -0.25) is 4.79 Å². The van der Waals surface area contributed by atoms with Gasteiger partial charge in [-0.05, 0) is 13.3 Å². The molecule has 18 heavy (non-hydrogen) atoms. The Balaban J connectivity index is 1.96. The fourth-order valence-electron chi connectivity index (χ4n) is 2.45. The molecular formula is C11H18O6S. The van der Waals surface area contributed by atoms with Crippen molar-refractivity contribution >= 4 is 15.8 Å². The number of esters is 1. The van der Waals surface area contributed by atoms with Gasteiger partial charge in [-0.25, -0.2) is 8.42 Å². The van der Waals surface area contributed by atoms with E-state index in [9.17, 15) is 13.2 Å². The van der Waals surface area contributed by atoms with Crippen LogP contribution in [0.1, 0.15) is 19.8 Å². The number of sulfone groups is 1. The van der Waals surface area contributed by atoms with Crippen LogP contribution in [0.4, 0.5) is 0 Å².